The molecule has 290 valence electrons. The number of aromatic amines is 1. The maximum atomic E-state index is 15.2. The average Bonchev–Trinajstić information content (AvgIpc) is 3.58. The first kappa shape index (κ1) is 39.0. The van der Waals surface area contributed by atoms with Crippen molar-refractivity contribution in [1.29, 1.82) is 0 Å². The second-order valence-corrected chi connectivity index (χ2v) is 13.9. The van der Waals surface area contributed by atoms with Crippen LogP contribution >= 0.6 is 0 Å². The van der Waals surface area contributed by atoms with Gasteiger partial charge in [-0.15, -0.1) is 5.10 Å². The van der Waals surface area contributed by atoms with E-state index in [9.17, 15) is 4.39 Å². The van der Waals surface area contributed by atoms with Crippen molar-refractivity contribution in [3.05, 3.63) is 190 Å². The second-order valence-electron chi connectivity index (χ2n) is 13.9. The lowest BCUT2D eigenvalue weighted by atomic mass is 9.97. The molecule has 56 heavy (non-hydrogen) atoms. The van der Waals surface area contributed by atoms with Crippen LogP contribution in [0.5, 0.6) is 5.88 Å². The van der Waals surface area contributed by atoms with Crippen LogP contribution in [0.3, 0.4) is 0 Å². The molecule has 1 saturated heterocycles. The van der Waals surface area contributed by atoms with Crippen LogP contribution in [-0.2, 0) is 56.5 Å². The van der Waals surface area contributed by atoms with Crippen molar-refractivity contribution >= 4 is 0 Å². The van der Waals surface area contributed by atoms with Gasteiger partial charge in [0.2, 0.25) is 12.2 Å². The molecule has 10 heteroatoms. The molecule has 0 amide bonds. The first-order chi connectivity index (χ1) is 27.4. The third-order valence-corrected chi connectivity index (χ3v) is 9.83. The number of rotatable bonds is 17. The molecule has 0 unspecified atom stereocenters. The highest BCUT2D eigenvalue weighted by Crippen LogP contribution is 2.34. The molecule has 0 bridgehead atoms. The van der Waals surface area contributed by atoms with E-state index in [0.29, 0.717) is 17.9 Å². The Morgan fingerprint density at radius 2 is 1.09 bits per heavy atom. The number of hydrogen-bond donors (Lipinski definition) is 1. The predicted octanol–water partition coefficient (Wildman–Crippen LogP) is 8.97. The van der Waals surface area contributed by atoms with Gasteiger partial charge in [0.25, 0.3) is 0 Å². The van der Waals surface area contributed by atoms with Gasteiger partial charge in [-0.1, -0.05) is 133 Å². The summed E-state index contributed by atoms with van der Waals surface area (Å²) >= 11 is 0. The van der Waals surface area contributed by atoms with E-state index in [1.807, 2.05) is 128 Å². The van der Waals surface area contributed by atoms with Gasteiger partial charge in [0.1, 0.15) is 24.4 Å². The maximum Gasteiger partial charge on any atom is 0.238 e. The quantitative estimate of drug-likeness (QED) is 0.0994. The van der Waals surface area contributed by atoms with Gasteiger partial charge in [0.05, 0.1) is 33.0 Å². The zero-order chi connectivity index (χ0) is 38.7. The summed E-state index contributed by atoms with van der Waals surface area (Å²) in [5, 5.41) is 7.43. The van der Waals surface area contributed by atoms with Crippen molar-refractivity contribution in [2.75, 3.05) is 6.61 Å². The van der Waals surface area contributed by atoms with Gasteiger partial charge < -0.3 is 28.4 Å². The van der Waals surface area contributed by atoms with Crippen molar-refractivity contribution in [3.63, 3.8) is 0 Å². The number of H-pyrrole nitrogens is 1. The van der Waals surface area contributed by atoms with Gasteiger partial charge in [-0.3, -0.25) is 5.10 Å². The van der Waals surface area contributed by atoms with E-state index >= 15 is 4.39 Å². The molecule has 1 N–H and O–H groups in total. The number of aryl methyl sites for hydroxylation is 2. The van der Waals surface area contributed by atoms with Crippen LogP contribution in [0.4, 0.5) is 8.78 Å². The number of nitrogens with one attached hydrogen (secondary N) is 1. The fourth-order valence-electron chi connectivity index (χ4n) is 6.70. The smallest absolute Gasteiger partial charge is 0.238 e. The standard InChI is InChI=1S/C46H46F2N2O6/c1-31-23-24-37(41(48)40(31)47)25-38-32(2)49-50-45(38)56-46-44(54-29-36-21-13-6-14-22-36)43(53-28-35-19-11-5-12-20-35)42(52-27-34-17-9-4-10-18-34)39(55-46)30-51-26-33-15-7-3-8-16-33/h3-24,39,42-44,46H,25-30H2,1-2H3,(H,49,50)/t39-,42-,43+,44-,46+/m1/s1. The second kappa shape index (κ2) is 19.1. The highest BCUT2D eigenvalue weighted by molar-refractivity contribution is 5.37. The molecule has 1 aliphatic rings. The minimum atomic E-state index is -1.08. The summed E-state index contributed by atoms with van der Waals surface area (Å²) in [6.45, 7) is 4.60. The number of aromatic nitrogens is 2. The van der Waals surface area contributed by atoms with E-state index in [1.165, 1.54) is 6.92 Å². The minimum absolute atomic E-state index is 0.0311. The molecule has 1 aromatic heterocycles. The Morgan fingerprint density at radius 3 is 1.64 bits per heavy atom. The molecule has 8 nitrogen and oxygen atoms in total. The van der Waals surface area contributed by atoms with Crippen LogP contribution in [0, 0.1) is 25.5 Å². The summed E-state index contributed by atoms with van der Waals surface area (Å²) in [7, 11) is 0. The summed E-state index contributed by atoms with van der Waals surface area (Å²) in [4.78, 5) is 0. The van der Waals surface area contributed by atoms with E-state index in [-0.39, 0.29) is 49.9 Å². The zero-order valence-corrected chi connectivity index (χ0v) is 31.5. The molecule has 1 aliphatic heterocycles. The first-order valence-corrected chi connectivity index (χ1v) is 18.8. The summed E-state index contributed by atoms with van der Waals surface area (Å²) in [5.41, 5.74) is 5.50. The van der Waals surface area contributed by atoms with Crippen molar-refractivity contribution in [2.45, 2.75) is 77.4 Å². The van der Waals surface area contributed by atoms with Crippen LogP contribution in [0.1, 0.15) is 44.6 Å². The summed E-state index contributed by atoms with van der Waals surface area (Å²) in [5.74, 6) is -1.61. The summed E-state index contributed by atoms with van der Waals surface area (Å²) in [6, 6.07) is 42.6. The topological polar surface area (TPSA) is 84.1 Å². The predicted molar refractivity (Wildman–Crippen MR) is 208 cm³/mol. The Balaban J connectivity index is 1.24. The van der Waals surface area contributed by atoms with Crippen LogP contribution in [0.25, 0.3) is 0 Å². The average molecular weight is 761 g/mol. The third-order valence-electron chi connectivity index (χ3n) is 9.83. The van der Waals surface area contributed by atoms with Crippen LogP contribution in [0.2, 0.25) is 0 Å². The van der Waals surface area contributed by atoms with E-state index in [4.69, 9.17) is 28.4 Å². The van der Waals surface area contributed by atoms with Crippen LogP contribution in [0.15, 0.2) is 133 Å². The summed E-state index contributed by atoms with van der Waals surface area (Å²) in [6.07, 6.45) is -3.97. The molecule has 6 aromatic rings. The Bertz CT molecular complexity index is 2100. The largest absolute Gasteiger partial charge is 0.443 e. The number of hydrogen-bond acceptors (Lipinski definition) is 7. The van der Waals surface area contributed by atoms with Gasteiger partial charge in [0.15, 0.2) is 11.6 Å². The molecule has 7 rings (SSSR count). The molecule has 0 aliphatic carbocycles. The SMILES string of the molecule is Cc1ccc(Cc2c(O[C@@H]3O[C@H](COCc4ccccc4)[C@@H](OCc4ccccc4)[C@H](OCc4ccccc4)[C@H]3OCc3ccccc3)n[nH]c2C)c(F)c1F. The third kappa shape index (κ3) is 9.95. The van der Waals surface area contributed by atoms with Gasteiger partial charge in [0, 0.05) is 17.7 Å². The summed E-state index contributed by atoms with van der Waals surface area (Å²) < 4.78 is 69.9. The van der Waals surface area contributed by atoms with Crippen molar-refractivity contribution in [2.24, 2.45) is 0 Å². The normalized spacial score (nSPS) is 19.5. The van der Waals surface area contributed by atoms with Gasteiger partial charge in [-0.05, 0) is 47.2 Å². The molecule has 5 aromatic carbocycles. The van der Waals surface area contributed by atoms with Gasteiger partial charge in [-0.25, -0.2) is 8.78 Å². The lowest BCUT2D eigenvalue weighted by Crippen LogP contribution is -2.62. The van der Waals surface area contributed by atoms with E-state index in [2.05, 4.69) is 10.2 Å². The number of halogens is 2. The van der Waals surface area contributed by atoms with Gasteiger partial charge in [-0.2, -0.15) is 0 Å². The Labute approximate surface area is 326 Å². The molecular formula is C46H46F2N2O6. The van der Waals surface area contributed by atoms with Crippen molar-refractivity contribution in [1.82, 2.24) is 10.2 Å². The highest BCUT2D eigenvalue weighted by atomic mass is 19.2. The van der Waals surface area contributed by atoms with Crippen LogP contribution < -0.4 is 4.74 Å². The maximum absolute atomic E-state index is 15.2. The molecule has 5 atom stereocenters. The fourth-order valence-corrected chi connectivity index (χ4v) is 6.70. The molecule has 0 spiro atoms. The van der Waals surface area contributed by atoms with E-state index < -0.39 is 42.3 Å². The Kier molecular flexibility index (Phi) is 13.3. The molecule has 1 fully saturated rings. The lowest BCUT2D eigenvalue weighted by molar-refractivity contribution is -0.310. The number of ether oxygens (including phenoxy) is 6. The Hall–Kier alpha value is -5.23. The highest BCUT2D eigenvalue weighted by Gasteiger charge is 2.50. The molecule has 0 saturated carbocycles. The fraction of sp³-hybridized carbons (Fsp3) is 0.283. The van der Waals surface area contributed by atoms with Gasteiger partial charge >= 0.3 is 0 Å². The van der Waals surface area contributed by atoms with E-state index in [1.54, 1.807) is 12.1 Å². The van der Waals surface area contributed by atoms with Crippen molar-refractivity contribution < 1.29 is 37.2 Å². The number of nitrogens with zero attached hydrogens (tertiary/aromatic N) is 1. The first-order valence-electron chi connectivity index (χ1n) is 18.8. The minimum Gasteiger partial charge on any atom is -0.443 e. The zero-order valence-electron chi connectivity index (χ0n) is 31.5. The Morgan fingerprint density at radius 1 is 0.589 bits per heavy atom. The molecule has 0 radical (unpaired) electrons. The monoisotopic (exact) mass is 760 g/mol. The van der Waals surface area contributed by atoms with E-state index in [0.717, 1.165) is 22.3 Å². The lowest BCUT2D eigenvalue weighted by Gasteiger charge is -2.45. The molecular weight excluding hydrogens is 715 g/mol. The number of benzene rings is 5. The molecule has 2 heterocycles. The van der Waals surface area contributed by atoms with Crippen LogP contribution in [-0.4, -0.2) is 47.5 Å². The van der Waals surface area contributed by atoms with Crippen molar-refractivity contribution in [3.8, 4) is 5.88 Å².